The molecule has 26 heavy (non-hydrogen) atoms. The molecular weight excluding hydrogens is 328 g/mol. The van der Waals surface area contributed by atoms with Crippen LogP contribution in [0, 0.1) is 23.2 Å². The molecule has 5 rings (SSSR count). The van der Waals surface area contributed by atoms with Gasteiger partial charge in [0.25, 0.3) is 0 Å². The molecule has 1 saturated carbocycles. The summed E-state index contributed by atoms with van der Waals surface area (Å²) in [6.07, 6.45) is 5.18. The molecule has 2 atom stereocenters. The number of hydrogen-bond acceptors (Lipinski definition) is 6. The molecule has 130 valence electrons. The summed E-state index contributed by atoms with van der Waals surface area (Å²) in [6, 6.07) is 8.56. The molecule has 2 aliphatic rings. The van der Waals surface area contributed by atoms with Crippen molar-refractivity contribution in [2.24, 2.45) is 17.6 Å². The van der Waals surface area contributed by atoms with Crippen molar-refractivity contribution in [2.45, 2.75) is 6.04 Å². The minimum atomic E-state index is 0.377. The van der Waals surface area contributed by atoms with Gasteiger partial charge in [0, 0.05) is 36.5 Å². The minimum Gasteiger partial charge on any atom is -0.495 e. The maximum Gasteiger partial charge on any atom is 0.137 e. The fourth-order valence-electron chi connectivity index (χ4n) is 4.00. The van der Waals surface area contributed by atoms with Gasteiger partial charge in [0.2, 0.25) is 0 Å². The van der Waals surface area contributed by atoms with Crippen LogP contribution < -0.4 is 15.4 Å². The third kappa shape index (κ3) is 2.16. The summed E-state index contributed by atoms with van der Waals surface area (Å²) in [5, 5.41) is 13.7. The van der Waals surface area contributed by atoms with Gasteiger partial charge in [-0.2, -0.15) is 10.4 Å². The summed E-state index contributed by atoms with van der Waals surface area (Å²) in [7, 11) is 1.62. The highest BCUT2D eigenvalue weighted by Gasteiger charge is 2.53. The Morgan fingerprint density at radius 1 is 1.27 bits per heavy atom. The average molecular weight is 346 g/mol. The first-order valence-corrected chi connectivity index (χ1v) is 8.62. The molecule has 2 fully saturated rings. The molecular formula is C19H18N6O. The van der Waals surface area contributed by atoms with E-state index in [1.807, 2.05) is 24.4 Å². The van der Waals surface area contributed by atoms with E-state index >= 15 is 0 Å². The second kappa shape index (κ2) is 5.44. The summed E-state index contributed by atoms with van der Waals surface area (Å²) in [5.74, 6) is 2.90. The summed E-state index contributed by atoms with van der Waals surface area (Å²) < 4.78 is 7.05. The van der Waals surface area contributed by atoms with Crippen LogP contribution in [0.2, 0.25) is 0 Å². The fraction of sp³-hybridized carbons (Fsp3) is 0.316. The number of rotatable bonds is 3. The van der Waals surface area contributed by atoms with E-state index in [0.29, 0.717) is 29.2 Å². The van der Waals surface area contributed by atoms with Crippen LogP contribution in [0.1, 0.15) is 5.56 Å². The van der Waals surface area contributed by atoms with Gasteiger partial charge < -0.3 is 15.4 Å². The van der Waals surface area contributed by atoms with E-state index in [0.717, 1.165) is 35.6 Å². The maximum atomic E-state index is 9.39. The molecule has 7 heteroatoms. The molecule has 3 aromatic rings. The van der Waals surface area contributed by atoms with Crippen molar-refractivity contribution < 1.29 is 4.74 Å². The molecule has 7 nitrogen and oxygen atoms in total. The Balaban J connectivity index is 1.53. The van der Waals surface area contributed by atoms with Crippen LogP contribution in [-0.2, 0) is 0 Å². The molecule has 2 unspecified atom stereocenters. The predicted octanol–water partition coefficient (Wildman–Crippen LogP) is 1.67. The van der Waals surface area contributed by atoms with E-state index in [4.69, 9.17) is 10.5 Å². The molecule has 0 radical (unpaired) electrons. The van der Waals surface area contributed by atoms with Crippen molar-refractivity contribution in [3.63, 3.8) is 0 Å². The number of fused-ring (bicyclic) bond motifs is 2. The molecule has 1 aliphatic heterocycles. The monoisotopic (exact) mass is 346 g/mol. The first-order valence-electron chi connectivity index (χ1n) is 8.62. The van der Waals surface area contributed by atoms with Gasteiger partial charge in [-0.25, -0.2) is 9.50 Å². The van der Waals surface area contributed by atoms with Crippen LogP contribution in [-0.4, -0.2) is 40.8 Å². The second-order valence-electron chi connectivity index (χ2n) is 6.97. The van der Waals surface area contributed by atoms with Crippen LogP contribution >= 0.6 is 0 Å². The van der Waals surface area contributed by atoms with Crippen LogP contribution in [0.25, 0.3) is 16.6 Å². The third-order valence-electron chi connectivity index (χ3n) is 5.59. The number of hydrogen-bond donors (Lipinski definition) is 1. The van der Waals surface area contributed by atoms with Crippen molar-refractivity contribution in [3.8, 4) is 22.9 Å². The molecule has 0 spiro atoms. The Bertz CT molecular complexity index is 1020. The Morgan fingerprint density at radius 3 is 2.73 bits per heavy atom. The number of aromatic nitrogens is 3. The average Bonchev–Trinajstić information content (AvgIpc) is 3.08. The van der Waals surface area contributed by atoms with E-state index in [1.54, 1.807) is 24.0 Å². The fourth-order valence-corrected chi connectivity index (χ4v) is 4.00. The topological polar surface area (TPSA) is 92.5 Å². The van der Waals surface area contributed by atoms with E-state index in [9.17, 15) is 5.26 Å². The molecule has 2 N–H and O–H groups in total. The number of nitriles is 1. The highest BCUT2D eigenvalue weighted by molar-refractivity contribution is 5.85. The highest BCUT2D eigenvalue weighted by Crippen LogP contribution is 2.45. The van der Waals surface area contributed by atoms with Gasteiger partial charge in [-0.3, -0.25) is 0 Å². The first kappa shape index (κ1) is 15.2. The maximum absolute atomic E-state index is 9.39. The standard InChI is InChI=1S/C19H18N6O/c1-26-13-4-14(19-12(5-20)7-23-25(19)8-13)11-2-3-17(22-6-11)24-9-15-16(10-24)18(15)21/h2-4,6-8,15-16,18H,9-10,21H2,1H3. The zero-order valence-corrected chi connectivity index (χ0v) is 14.3. The van der Waals surface area contributed by atoms with Crippen molar-refractivity contribution in [3.05, 3.63) is 42.4 Å². The Morgan fingerprint density at radius 2 is 2.08 bits per heavy atom. The normalized spacial score (nSPS) is 23.7. The zero-order chi connectivity index (χ0) is 17.8. The van der Waals surface area contributed by atoms with Gasteiger partial charge in [-0.1, -0.05) is 0 Å². The third-order valence-corrected chi connectivity index (χ3v) is 5.59. The SMILES string of the molecule is COc1cc(-c2ccc(N3CC4C(N)C4C3)nc2)c2c(C#N)cnn2c1. The van der Waals surface area contributed by atoms with Crippen molar-refractivity contribution in [2.75, 3.05) is 25.1 Å². The smallest absolute Gasteiger partial charge is 0.137 e. The number of ether oxygens (including phenoxy) is 1. The van der Waals surface area contributed by atoms with Crippen molar-refractivity contribution in [1.29, 1.82) is 5.26 Å². The minimum absolute atomic E-state index is 0.377. The second-order valence-corrected chi connectivity index (χ2v) is 6.97. The lowest BCUT2D eigenvalue weighted by Crippen LogP contribution is -2.28. The van der Waals surface area contributed by atoms with Gasteiger partial charge in [-0.15, -0.1) is 0 Å². The predicted molar refractivity (Wildman–Crippen MR) is 96.9 cm³/mol. The van der Waals surface area contributed by atoms with Gasteiger partial charge in [0.15, 0.2) is 0 Å². The van der Waals surface area contributed by atoms with Crippen molar-refractivity contribution in [1.82, 2.24) is 14.6 Å². The number of pyridine rings is 2. The number of nitrogens with zero attached hydrogens (tertiary/aromatic N) is 5. The number of anilines is 1. The van der Waals surface area contributed by atoms with E-state index in [2.05, 4.69) is 21.1 Å². The summed E-state index contributed by atoms with van der Waals surface area (Å²) in [6.45, 7) is 1.98. The number of methoxy groups -OCH3 is 1. The first-order chi connectivity index (χ1) is 12.7. The van der Waals surface area contributed by atoms with E-state index < -0.39 is 0 Å². The molecule has 4 heterocycles. The van der Waals surface area contributed by atoms with Gasteiger partial charge in [-0.05, 0) is 30.0 Å². The van der Waals surface area contributed by atoms with Gasteiger partial charge in [0.1, 0.15) is 17.6 Å². The lowest BCUT2D eigenvalue weighted by atomic mass is 10.1. The highest BCUT2D eigenvalue weighted by atomic mass is 16.5. The van der Waals surface area contributed by atoms with Crippen LogP contribution in [0.15, 0.2) is 36.8 Å². The molecule has 0 aromatic carbocycles. The van der Waals surface area contributed by atoms with E-state index in [-0.39, 0.29) is 0 Å². The Labute approximate surface area is 150 Å². The Hall–Kier alpha value is -3.11. The van der Waals surface area contributed by atoms with Crippen LogP contribution in [0.3, 0.4) is 0 Å². The van der Waals surface area contributed by atoms with Gasteiger partial charge in [0.05, 0.1) is 30.6 Å². The lowest BCUT2D eigenvalue weighted by molar-refractivity contribution is 0.412. The Kier molecular flexibility index (Phi) is 3.18. The summed E-state index contributed by atoms with van der Waals surface area (Å²) in [5.41, 5.74) is 9.11. The number of nitrogens with two attached hydrogens (primary N) is 1. The number of piperidine rings is 1. The van der Waals surface area contributed by atoms with E-state index in [1.165, 1.54) is 0 Å². The molecule has 1 aliphatic carbocycles. The summed E-state index contributed by atoms with van der Waals surface area (Å²) >= 11 is 0. The van der Waals surface area contributed by atoms with Crippen molar-refractivity contribution >= 4 is 11.3 Å². The molecule has 3 aromatic heterocycles. The summed E-state index contributed by atoms with van der Waals surface area (Å²) in [4.78, 5) is 6.95. The van der Waals surface area contributed by atoms with Crippen LogP contribution in [0.5, 0.6) is 5.75 Å². The largest absolute Gasteiger partial charge is 0.495 e. The quantitative estimate of drug-likeness (QED) is 0.775. The van der Waals surface area contributed by atoms with Gasteiger partial charge >= 0.3 is 0 Å². The molecule has 0 amide bonds. The zero-order valence-electron chi connectivity index (χ0n) is 14.3. The lowest BCUT2D eigenvalue weighted by Gasteiger charge is -2.20. The molecule has 0 bridgehead atoms. The molecule has 1 saturated heterocycles. The van der Waals surface area contributed by atoms with Crippen LogP contribution in [0.4, 0.5) is 5.82 Å².